The first-order valence-corrected chi connectivity index (χ1v) is 8.77. The topological polar surface area (TPSA) is 41.4 Å². The van der Waals surface area contributed by atoms with E-state index in [2.05, 4.69) is 10.00 Å². The second-order valence-corrected chi connectivity index (χ2v) is 6.69. The average Bonchev–Trinajstić information content (AvgIpc) is 2.91. The van der Waals surface area contributed by atoms with Crippen LogP contribution in [0.5, 0.6) is 0 Å². The lowest BCUT2D eigenvalue weighted by atomic mass is 10.2. The second-order valence-electron chi connectivity index (χ2n) is 6.69. The minimum Gasteiger partial charge on any atom is -0.340 e. The molecule has 0 N–H and O–H groups in total. The summed E-state index contributed by atoms with van der Waals surface area (Å²) in [6.45, 7) is 8.42. The van der Waals surface area contributed by atoms with E-state index in [1.54, 1.807) is 12.1 Å². The van der Waals surface area contributed by atoms with Gasteiger partial charge in [-0.05, 0) is 37.6 Å². The molecule has 2 aromatic rings. The Morgan fingerprint density at radius 3 is 2.56 bits per heavy atom. The molecule has 134 valence electrons. The van der Waals surface area contributed by atoms with Crippen molar-refractivity contribution < 1.29 is 9.18 Å². The van der Waals surface area contributed by atoms with Crippen molar-refractivity contribution in [1.82, 2.24) is 19.6 Å². The third-order valence-electron chi connectivity index (χ3n) is 4.66. The number of nitrogens with zero attached hydrogens (tertiary/aromatic N) is 4. The van der Waals surface area contributed by atoms with Crippen LogP contribution in [-0.4, -0.2) is 51.7 Å². The second kappa shape index (κ2) is 7.78. The molecule has 6 heteroatoms. The van der Waals surface area contributed by atoms with Gasteiger partial charge >= 0.3 is 0 Å². The van der Waals surface area contributed by atoms with E-state index in [9.17, 15) is 9.18 Å². The maximum absolute atomic E-state index is 13.3. The Hall–Kier alpha value is -2.21. The fraction of sp³-hybridized carbons (Fsp3) is 0.474. The van der Waals surface area contributed by atoms with Crippen molar-refractivity contribution in [2.75, 3.05) is 26.2 Å². The third kappa shape index (κ3) is 4.66. The van der Waals surface area contributed by atoms with Gasteiger partial charge in [0.15, 0.2) is 0 Å². The van der Waals surface area contributed by atoms with Gasteiger partial charge in [-0.25, -0.2) is 4.39 Å². The van der Waals surface area contributed by atoms with Gasteiger partial charge in [0.1, 0.15) is 5.82 Å². The number of benzene rings is 1. The van der Waals surface area contributed by atoms with Gasteiger partial charge in [-0.1, -0.05) is 12.1 Å². The number of aryl methyl sites for hydroxylation is 3. The molecule has 1 aliphatic rings. The zero-order valence-corrected chi connectivity index (χ0v) is 14.9. The monoisotopic (exact) mass is 344 g/mol. The van der Waals surface area contributed by atoms with Crippen molar-refractivity contribution in [3.05, 3.63) is 53.1 Å². The molecule has 0 atom stereocenters. The first-order chi connectivity index (χ1) is 12.0. The van der Waals surface area contributed by atoms with Gasteiger partial charge in [-0.3, -0.25) is 14.4 Å². The summed E-state index contributed by atoms with van der Waals surface area (Å²) in [5, 5.41) is 4.40. The van der Waals surface area contributed by atoms with Gasteiger partial charge in [0.05, 0.1) is 5.69 Å². The summed E-state index contributed by atoms with van der Waals surface area (Å²) in [4.78, 5) is 16.6. The van der Waals surface area contributed by atoms with E-state index in [4.69, 9.17) is 0 Å². The maximum atomic E-state index is 13.3. The zero-order chi connectivity index (χ0) is 17.8. The van der Waals surface area contributed by atoms with Crippen LogP contribution >= 0.6 is 0 Å². The van der Waals surface area contributed by atoms with Crippen LogP contribution < -0.4 is 0 Å². The van der Waals surface area contributed by atoms with E-state index in [-0.39, 0.29) is 11.7 Å². The molecule has 1 aliphatic heterocycles. The molecule has 0 bridgehead atoms. The van der Waals surface area contributed by atoms with Crippen molar-refractivity contribution in [3.63, 3.8) is 0 Å². The van der Waals surface area contributed by atoms with Crippen LogP contribution in [-0.2, 0) is 17.9 Å². The molecule has 0 unspecified atom stereocenters. The van der Waals surface area contributed by atoms with Crippen LogP contribution in [0.3, 0.4) is 0 Å². The molecule has 0 aliphatic carbocycles. The predicted molar refractivity (Wildman–Crippen MR) is 94.6 cm³/mol. The van der Waals surface area contributed by atoms with E-state index < -0.39 is 0 Å². The van der Waals surface area contributed by atoms with Gasteiger partial charge in [-0.15, -0.1) is 0 Å². The molecule has 5 nitrogen and oxygen atoms in total. The summed E-state index contributed by atoms with van der Waals surface area (Å²) in [6.07, 6.45) is 0.478. The first-order valence-electron chi connectivity index (χ1n) is 8.77. The van der Waals surface area contributed by atoms with E-state index >= 15 is 0 Å². The van der Waals surface area contributed by atoms with Gasteiger partial charge in [-0.2, -0.15) is 5.10 Å². The number of amides is 1. The highest BCUT2D eigenvalue weighted by atomic mass is 19.1. The summed E-state index contributed by atoms with van der Waals surface area (Å²) in [6, 6.07) is 8.74. The molecule has 1 aromatic heterocycles. The zero-order valence-electron chi connectivity index (χ0n) is 14.9. The lowest BCUT2D eigenvalue weighted by molar-refractivity contribution is -0.133. The fourth-order valence-electron chi connectivity index (χ4n) is 3.31. The molecule has 25 heavy (non-hydrogen) atoms. The van der Waals surface area contributed by atoms with Gasteiger partial charge < -0.3 is 4.90 Å². The standard InChI is InChI=1S/C19H25FN4O/c1-15-12-16(2)24(21-15)7-6-19(25)23-10-8-22(9-11-23)14-17-4-3-5-18(20)13-17/h3-5,12-13H,6-11,14H2,1-2H3. The number of hydrogen-bond acceptors (Lipinski definition) is 3. The van der Waals surface area contributed by atoms with Crippen molar-refractivity contribution in [1.29, 1.82) is 0 Å². The van der Waals surface area contributed by atoms with Crippen LogP contribution in [0.4, 0.5) is 4.39 Å². The summed E-state index contributed by atoms with van der Waals surface area (Å²) in [5.41, 5.74) is 3.05. The average molecular weight is 344 g/mol. The van der Waals surface area contributed by atoms with Crippen LogP contribution in [0.2, 0.25) is 0 Å². The number of halogens is 1. The number of hydrogen-bond donors (Lipinski definition) is 0. The van der Waals surface area contributed by atoms with Crippen molar-refractivity contribution >= 4 is 5.91 Å². The minimum atomic E-state index is -0.199. The van der Waals surface area contributed by atoms with Gasteiger partial charge in [0.25, 0.3) is 0 Å². The first kappa shape index (κ1) is 17.6. The summed E-state index contributed by atoms with van der Waals surface area (Å²) >= 11 is 0. The maximum Gasteiger partial charge on any atom is 0.224 e. The van der Waals surface area contributed by atoms with Crippen LogP contribution in [0.25, 0.3) is 0 Å². The molecule has 2 heterocycles. The number of aromatic nitrogens is 2. The van der Waals surface area contributed by atoms with Gasteiger partial charge in [0.2, 0.25) is 5.91 Å². The van der Waals surface area contributed by atoms with Crippen LogP contribution in [0, 0.1) is 19.7 Å². The van der Waals surface area contributed by atoms with Crippen molar-refractivity contribution in [3.8, 4) is 0 Å². The Morgan fingerprint density at radius 2 is 1.92 bits per heavy atom. The predicted octanol–water partition coefficient (Wildman–Crippen LogP) is 2.37. The quantitative estimate of drug-likeness (QED) is 0.836. The Bertz CT molecular complexity index is 735. The highest BCUT2D eigenvalue weighted by Gasteiger charge is 2.21. The van der Waals surface area contributed by atoms with Gasteiger partial charge in [0, 0.05) is 51.4 Å². The third-order valence-corrected chi connectivity index (χ3v) is 4.66. The Morgan fingerprint density at radius 1 is 1.16 bits per heavy atom. The fourth-order valence-corrected chi connectivity index (χ4v) is 3.31. The summed E-state index contributed by atoms with van der Waals surface area (Å²) in [5.74, 6) is -0.0200. The largest absolute Gasteiger partial charge is 0.340 e. The van der Waals surface area contributed by atoms with Crippen molar-refractivity contribution in [2.45, 2.75) is 33.4 Å². The summed E-state index contributed by atoms with van der Waals surface area (Å²) < 4.78 is 15.2. The smallest absolute Gasteiger partial charge is 0.224 e. The minimum absolute atomic E-state index is 0.179. The normalized spacial score (nSPS) is 15.6. The van der Waals surface area contributed by atoms with E-state index in [0.717, 1.165) is 49.7 Å². The molecule has 3 rings (SSSR count). The SMILES string of the molecule is Cc1cc(C)n(CCC(=O)N2CCN(Cc3cccc(F)c3)CC2)n1. The number of carbonyl (C=O) groups is 1. The number of piperazine rings is 1. The van der Waals surface area contributed by atoms with E-state index in [0.29, 0.717) is 13.0 Å². The lowest BCUT2D eigenvalue weighted by Gasteiger charge is -2.34. The molecule has 0 radical (unpaired) electrons. The lowest BCUT2D eigenvalue weighted by Crippen LogP contribution is -2.48. The molecular weight excluding hydrogens is 319 g/mol. The Labute approximate surface area is 148 Å². The Kier molecular flexibility index (Phi) is 5.48. The Balaban J connectivity index is 1.45. The highest BCUT2D eigenvalue weighted by Crippen LogP contribution is 2.11. The molecule has 1 amide bonds. The van der Waals surface area contributed by atoms with Crippen LogP contribution in [0.1, 0.15) is 23.4 Å². The molecule has 1 fully saturated rings. The highest BCUT2D eigenvalue weighted by molar-refractivity contribution is 5.76. The van der Waals surface area contributed by atoms with E-state index in [1.165, 1.54) is 6.07 Å². The molecular formula is C19H25FN4O. The van der Waals surface area contributed by atoms with Crippen molar-refractivity contribution in [2.24, 2.45) is 0 Å². The van der Waals surface area contributed by atoms with E-state index in [1.807, 2.05) is 35.6 Å². The molecule has 0 spiro atoms. The molecule has 1 aromatic carbocycles. The summed E-state index contributed by atoms with van der Waals surface area (Å²) in [7, 11) is 0. The molecule has 1 saturated heterocycles. The van der Waals surface area contributed by atoms with Crippen LogP contribution in [0.15, 0.2) is 30.3 Å². The number of carbonyl (C=O) groups excluding carboxylic acids is 1. The molecule has 0 saturated carbocycles. The number of rotatable bonds is 5.